The lowest BCUT2D eigenvalue weighted by molar-refractivity contribution is -0.151. The van der Waals surface area contributed by atoms with Gasteiger partial charge in [-0.1, -0.05) is 11.6 Å². The first-order valence-electron chi connectivity index (χ1n) is 9.01. The van der Waals surface area contributed by atoms with Crippen molar-refractivity contribution in [3.8, 4) is 0 Å². The van der Waals surface area contributed by atoms with Crippen LogP contribution in [0.25, 0.3) is 0 Å². The fraction of sp³-hybridized carbons (Fsp3) is 0.526. The molecule has 2 aliphatic heterocycles. The van der Waals surface area contributed by atoms with Crippen molar-refractivity contribution in [1.29, 1.82) is 0 Å². The summed E-state index contributed by atoms with van der Waals surface area (Å²) in [7, 11) is 0. The molecule has 2 fully saturated rings. The highest BCUT2D eigenvalue weighted by Gasteiger charge is 2.38. The maximum Gasteiger partial charge on any atom is 0.309 e. The number of benzene rings is 1. The van der Waals surface area contributed by atoms with E-state index in [1.165, 1.54) is 0 Å². The number of rotatable bonds is 4. The summed E-state index contributed by atoms with van der Waals surface area (Å²) in [5.41, 5.74) is 0.760. The number of carbonyl (C=O) groups excluding carboxylic acids is 3. The molecule has 0 saturated carbocycles. The highest BCUT2D eigenvalue weighted by atomic mass is 35.5. The van der Waals surface area contributed by atoms with Gasteiger partial charge in [0.25, 0.3) is 0 Å². The average molecular weight is 379 g/mol. The molecule has 0 bridgehead atoms. The Morgan fingerprint density at radius 3 is 2.42 bits per heavy atom. The minimum atomic E-state index is -0.336. The van der Waals surface area contributed by atoms with Crippen LogP contribution in [0.2, 0.25) is 5.02 Å². The highest BCUT2D eigenvalue weighted by molar-refractivity contribution is 6.30. The lowest BCUT2D eigenvalue weighted by Crippen LogP contribution is -2.44. The molecule has 0 spiro atoms. The summed E-state index contributed by atoms with van der Waals surface area (Å²) in [6.07, 6.45) is 1.46. The summed E-state index contributed by atoms with van der Waals surface area (Å²) in [5.74, 6) is -0.694. The number of hydrogen-bond acceptors (Lipinski definition) is 4. The van der Waals surface area contributed by atoms with E-state index in [0.717, 1.165) is 5.69 Å². The Hall–Kier alpha value is -2.08. The number of hydrogen-bond donors (Lipinski definition) is 0. The first kappa shape index (κ1) is 18.7. The van der Waals surface area contributed by atoms with Crippen LogP contribution in [0, 0.1) is 11.8 Å². The number of amides is 2. The molecular formula is C19H23ClN2O4. The van der Waals surface area contributed by atoms with Crippen LogP contribution in [-0.4, -0.2) is 48.9 Å². The van der Waals surface area contributed by atoms with Crippen LogP contribution in [0.15, 0.2) is 24.3 Å². The van der Waals surface area contributed by atoms with E-state index < -0.39 is 0 Å². The molecule has 1 aromatic carbocycles. The van der Waals surface area contributed by atoms with Crippen LogP contribution in [-0.2, 0) is 19.1 Å². The van der Waals surface area contributed by atoms with Gasteiger partial charge in [-0.3, -0.25) is 14.4 Å². The molecule has 2 heterocycles. The monoisotopic (exact) mass is 378 g/mol. The van der Waals surface area contributed by atoms with Crippen molar-refractivity contribution in [3.05, 3.63) is 29.3 Å². The van der Waals surface area contributed by atoms with Crippen LogP contribution in [0.1, 0.15) is 26.2 Å². The van der Waals surface area contributed by atoms with Gasteiger partial charge in [-0.25, -0.2) is 0 Å². The fourth-order valence-corrected chi connectivity index (χ4v) is 3.72. The lowest BCUT2D eigenvalue weighted by Gasteiger charge is -2.32. The summed E-state index contributed by atoms with van der Waals surface area (Å²) >= 11 is 5.89. The molecule has 7 heteroatoms. The van der Waals surface area contributed by atoms with Gasteiger partial charge in [-0.15, -0.1) is 0 Å². The molecule has 2 saturated heterocycles. The van der Waals surface area contributed by atoms with Gasteiger partial charge in [0.1, 0.15) is 0 Å². The SMILES string of the molecule is CCOC(=O)C1CCN(C(=O)C2CC(=O)N(c3ccc(Cl)cc3)C2)CC1. The van der Waals surface area contributed by atoms with E-state index >= 15 is 0 Å². The number of halogens is 1. The molecule has 6 nitrogen and oxygen atoms in total. The van der Waals surface area contributed by atoms with Crippen molar-refractivity contribution >= 4 is 35.1 Å². The van der Waals surface area contributed by atoms with Crippen molar-refractivity contribution in [2.24, 2.45) is 11.8 Å². The number of esters is 1. The van der Waals surface area contributed by atoms with Crippen LogP contribution >= 0.6 is 11.6 Å². The lowest BCUT2D eigenvalue weighted by atomic mass is 9.95. The third-order valence-electron chi connectivity index (χ3n) is 5.04. The van der Waals surface area contributed by atoms with E-state index in [1.54, 1.807) is 41.0 Å². The summed E-state index contributed by atoms with van der Waals surface area (Å²) in [4.78, 5) is 40.4. The molecule has 1 aromatic rings. The van der Waals surface area contributed by atoms with Gasteiger partial charge in [-0.2, -0.15) is 0 Å². The summed E-state index contributed by atoms with van der Waals surface area (Å²) in [6.45, 7) is 3.63. The van der Waals surface area contributed by atoms with Crippen molar-refractivity contribution in [3.63, 3.8) is 0 Å². The van der Waals surface area contributed by atoms with E-state index in [2.05, 4.69) is 0 Å². The van der Waals surface area contributed by atoms with Gasteiger partial charge in [0.15, 0.2) is 0 Å². The first-order valence-corrected chi connectivity index (χ1v) is 9.38. The van der Waals surface area contributed by atoms with Crippen molar-refractivity contribution < 1.29 is 19.1 Å². The van der Waals surface area contributed by atoms with Gasteiger partial charge in [0, 0.05) is 36.8 Å². The zero-order valence-corrected chi connectivity index (χ0v) is 15.6. The molecule has 3 rings (SSSR count). The van der Waals surface area contributed by atoms with Crippen LogP contribution < -0.4 is 4.90 Å². The zero-order chi connectivity index (χ0) is 18.7. The average Bonchev–Trinajstić information content (AvgIpc) is 3.04. The Balaban J connectivity index is 1.57. The summed E-state index contributed by atoms with van der Waals surface area (Å²) in [6, 6.07) is 7.05. The van der Waals surface area contributed by atoms with Gasteiger partial charge >= 0.3 is 5.97 Å². The normalized spacial score (nSPS) is 21.2. The minimum Gasteiger partial charge on any atom is -0.466 e. The van der Waals surface area contributed by atoms with Gasteiger partial charge in [-0.05, 0) is 44.0 Å². The Labute approximate surface area is 158 Å². The number of nitrogens with zero attached hydrogens (tertiary/aromatic N) is 2. The van der Waals surface area contributed by atoms with E-state index in [0.29, 0.717) is 44.1 Å². The maximum absolute atomic E-state index is 12.8. The number of piperidine rings is 1. The maximum atomic E-state index is 12.8. The number of carbonyl (C=O) groups is 3. The molecule has 26 heavy (non-hydrogen) atoms. The van der Waals surface area contributed by atoms with Gasteiger partial charge in [0.2, 0.25) is 11.8 Å². The Bertz CT molecular complexity index is 683. The topological polar surface area (TPSA) is 66.9 Å². The predicted octanol–water partition coefficient (Wildman–Crippen LogP) is 2.49. The standard InChI is InChI=1S/C19H23ClN2O4/c1-2-26-19(25)13-7-9-21(10-8-13)18(24)14-11-17(23)22(12-14)16-5-3-15(20)4-6-16/h3-6,13-14H,2,7-12H2,1H3. The van der Waals surface area contributed by atoms with E-state index in [4.69, 9.17) is 16.3 Å². The highest BCUT2D eigenvalue weighted by Crippen LogP contribution is 2.29. The number of likely N-dealkylation sites (tertiary alicyclic amines) is 1. The van der Waals surface area contributed by atoms with E-state index in [-0.39, 0.29) is 36.0 Å². The van der Waals surface area contributed by atoms with Gasteiger partial charge in [0.05, 0.1) is 18.4 Å². The second kappa shape index (κ2) is 8.08. The quantitative estimate of drug-likeness (QED) is 0.755. The zero-order valence-electron chi connectivity index (χ0n) is 14.8. The van der Waals surface area contributed by atoms with Crippen LogP contribution in [0.4, 0.5) is 5.69 Å². The molecule has 2 amide bonds. The minimum absolute atomic E-state index is 0.00266. The molecule has 0 N–H and O–H groups in total. The predicted molar refractivity (Wildman–Crippen MR) is 97.8 cm³/mol. The second-order valence-corrected chi connectivity index (χ2v) is 7.17. The summed E-state index contributed by atoms with van der Waals surface area (Å²) < 4.78 is 5.06. The second-order valence-electron chi connectivity index (χ2n) is 6.73. The molecule has 0 aliphatic carbocycles. The Morgan fingerprint density at radius 2 is 1.81 bits per heavy atom. The van der Waals surface area contributed by atoms with E-state index in [9.17, 15) is 14.4 Å². The molecule has 140 valence electrons. The van der Waals surface area contributed by atoms with Crippen molar-refractivity contribution in [2.45, 2.75) is 26.2 Å². The Morgan fingerprint density at radius 1 is 1.15 bits per heavy atom. The fourth-order valence-electron chi connectivity index (χ4n) is 3.60. The molecule has 1 unspecified atom stereocenters. The molecular weight excluding hydrogens is 356 g/mol. The third kappa shape index (κ3) is 4.01. The largest absolute Gasteiger partial charge is 0.466 e. The number of anilines is 1. The van der Waals surface area contributed by atoms with Gasteiger partial charge < -0.3 is 14.5 Å². The van der Waals surface area contributed by atoms with E-state index in [1.807, 2.05) is 0 Å². The van der Waals surface area contributed by atoms with Crippen LogP contribution in [0.3, 0.4) is 0 Å². The van der Waals surface area contributed by atoms with Crippen molar-refractivity contribution in [2.75, 3.05) is 31.1 Å². The van der Waals surface area contributed by atoms with Crippen LogP contribution in [0.5, 0.6) is 0 Å². The van der Waals surface area contributed by atoms with Crippen molar-refractivity contribution in [1.82, 2.24) is 4.90 Å². The number of ether oxygens (including phenoxy) is 1. The molecule has 1 atom stereocenters. The Kier molecular flexibility index (Phi) is 5.81. The summed E-state index contributed by atoms with van der Waals surface area (Å²) in [5, 5.41) is 0.609. The first-order chi connectivity index (χ1) is 12.5. The molecule has 0 aromatic heterocycles. The smallest absolute Gasteiger partial charge is 0.309 e. The third-order valence-corrected chi connectivity index (χ3v) is 5.29. The molecule has 2 aliphatic rings. The molecule has 0 radical (unpaired) electrons.